The van der Waals surface area contributed by atoms with Crippen molar-refractivity contribution in [3.05, 3.63) is 0 Å². The summed E-state index contributed by atoms with van der Waals surface area (Å²) in [6.07, 6.45) is 7.07. The van der Waals surface area contributed by atoms with Crippen LogP contribution in [0.4, 0.5) is 0 Å². The van der Waals surface area contributed by atoms with Gasteiger partial charge in [-0.25, -0.2) is 0 Å². The predicted molar refractivity (Wildman–Crippen MR) is 58.2 cm³/mol. The molecule has 2 N–H and O–H groups in total. The molecule has 3 saturated carbocycles. The van der Waals surface area contributed by atoms with Crippen LogP contribution in [0, 0.1) is 11.8 Å². The molecule has 2 nitrogen and oxygen atoms in total. The molecule has 0 radical (unpaired) electrons. The smallest absolute Gasteiger partial charge is 0.0715 e. The highest BCUT2D eigenvalue weighted by atomic mass is 16.3. The van der Waals surface area contributed by atoms with E-state index >= 15 is 0 Å². The summed E-state index contributed by atoms with van der Waals surface area (Å²) in [5.74, 6) is 1.86. The molecule has 0 amide bonds. The minimum atomic E-state index is -0.559. The van der Waals surface area contributed by atoms with Gasteiger partial charge in [-0.05, 0) is 44.9 Å². The monoisotopic (exact) mass is 197 g/mol. The van der Waals surface area contributed by atoms with E-state index in [4.69, 9.17) is 0 Å². The summed E-state index contributed by atoms with van der Waals surface area (Å²) in [5, 5.41) is 13.2. The lowest BCUT2D eigenvalue weighted by molar-refractivity contribution is 0.0570. The maximum absolute atomic E-state index is 9.66. The van der Waals surface area contributed by atoms with E-state index in [0.717, 1.165) is 18.4 Å². The van der Waals surface area contributed by atoms with E-state index in [1.807, 2.05) is 13.8 Å². The Labute approximate surface area is 87.1 Å². The molecule has 3 aliphatic rings. The van der Waals surface area contributed by atoms with Gasteiger partial charge < -0.3 is 10.4 Å². The van der Waals surface area contributed by atoms with Crippen molar-refractivity contribution in [2.24, 2.45) is 11.8 Å². The minimum absolute atomic E-state index is 0.559. The average Bonchev–Trinajstić information content (AvgIpc) is 2.16. The topological polar surface area (TPSA) is 32.3 Å². The molecule has 2 heteroatoms. The third kappa shape index (κ3) is 2.48. The molecule has 3 fully saturated rings. The predicted octanol–water partition coefficient (Wildman–Crippen LogP) is 1.93. The highest BCUT2D eigenvalue weighted by Gasteiger charge is 2.35. The zero-order chi connectivity index (χ0) is 10.2. The molecule has 0 aromatic carbocycles. The van der Waals surface area contributed by atoms with Gasteiger partial charge in [0.25, 0.3) is 0 Å². The molecule has 14 heavy (non-hydrogen) atoms. The standard InChI is InChI=1S/C12H23NO/c1-12(2,14)8-13-11-7-9-3-5-10(11)6-4-9/h9-11,13-14H,3-8H2,1-2H3. The zero-order valence-electron chi connectivity index (χ0n) is 9.42. The van der Waals surface area contributed by atoms with Crippen LogP contribution in [0.2, 0.25) is 0 Å². The Morgan fingerprint density at radius 2 is 1.86 bits per heavy atom. The third-order valence-electron chi connectivity index (χ3n) is 3.84. The van der Waals surface area contributed by atoms with E-state index in [9.17, 15) is 5.11 Å². The van der Waals surface area contributed by atoms with Gasteiger partial charge in [-0.15, -0.1) is 0 Å². The van der Waals surface area contributed by atoms with Crippen molar-refractivity contribution in [2.75, 3.05) is 6.54 Å². The largest absolute Gasteiger partial charge is 0.389 e. The molecular weight excluding hydrogens is 174 g/mol. The molecule has 1 atom stereocenters. The first-order valence-corrected chi connectivity index (χ1v) is 6.00. The molecule has 2 bridgehead atoms. The SMILES string of the molecule is CC(C)(O)CNC1CC2CCC1CC2. The molecule has 0 saturated heterocycles. The molecule has 0 aromatic rings. The highest BCUT2D eigenvalue weighted by Crippen LogP contribution is 2.41. The van der Waals surface area contributed by atoms with Crippen molar-refractivity contribution in [3.63, 3.8) is 0 Å². The van der Waals surface area contributed by atoms with E-state index in [0.29, 0.717) is 6.04 Å². The molecule has 0 heterocycles. The van der Waals surface area contributed by atoms with Crippen molar-refractivity contribution in [1.29, 1.82) is 0 Å². The van der Waals surface area contributed by atoms with Crippen LogP contribution in [0.25, 0.3) is 0 Å². The van der Waals surface area contributed by atoms with Crippen molar-refractivity contribution in [2.45, 2.75) is 57.6 Å². The van der Waals surface area contributed by atoms with E-state index in [-0.39, 0.29) is 0 Å². The van der Waals surface area contributed by atoms with Crippen molar-refractivity contribution >= 4 is 0 Å². The Hall–Kier alpha value is -0.0800. The van der Waals surface area contributed by atoms with Crippen molar-refractivity contribution < 1.29 is 5.11 Å². The molecule has 1 unspecified atom stereocenters. The molecule has 0 spiro atoms. The number of nitrogens with one attached hydrogen (secondary N) is 1. The van der Waals surface area contributed by atoms with Gasteiger partial charge in [-0.2, -0.15) is 0 Å². The molecule has 3 aliphatic carbocycles. The fourth-order valence-electron chi connectivity index (χ4n) is 3.01. The number of hydrogen-bond donors (Lipinski definition) is 2. The van der Waals surface area contributed by atoms with Crippen LogP contribution >= 0.6 is 0 Å². The van der Waals surface area contributed by atoms with E-state index in [1.165, 1.54) is 32.1 Å². The summed E-state index contributed by atoms with van der Waals surface area (Å²) in [4.78, 5) is 0. The Kier molecular flexibility index (Phi) is 2.85. The Morgan fingerprint density at radius 1 is 1.21 bits per heavy atom. The molecule has 0 aromatic heterocycles. The Balaban J connectivity index is 1.81. The number of fused-ring (bicyclic) bond motifs is 3. The third-order valence-corrected chi connectivity index (χ3v) is 3.84. The Bertz CT molecular complexity index is 189. The van der Waals surface area contributed by atoms with Gasteiger partial charge in [0.2, 0.25) is 0 Å². The maximum atomic E-state index is 9.66. The lowest BCUT2D eigenvalue weighted by Gasteiger charge is -2.43. The van der Waals surface area contributed by atoms with Gasteiger partial charge in [0, 0.05) is 12.6 Å². The van der Waals surface area contributed by atoms with Crippen LogP contribution in [-0.2, 0) is 0 Å². The summed E-state index contributed by atoms with van der Waals surface area (Å²) in [6, 6.07) is 0.689. The second kappa shape index (κ2) is 3.82. The first kappa shape index (κ1) is 10.4. The summed E-state index contributed by atoms with van der Waals surface area (Å²) in [7, 11) is 0. The molecule has 0 aliphatic heterocycles. The second-order valence-electron chi connectivity index (χ2n) is 5.82. The summed E-state index contributed by atoms with van der Waals surface area (Å²) < 4.78 is 0. The van der Waals surface area contributed by atoms with Gasteiger partial charge in [-0.3, -0.25) is 0 Å². The lowest BCUT2D eigenvalue weighted by atomic mass is 9.68. The van der Waals surface area contributed by atoms with E-state index in [2.05, 4.69) is 5.32 Å². The van der Waals surface area contributed by atoms with Gasteiger partial charge >= 0.3 is 0 Å². The Morgan fingerprint density at radius 3 is 2.29 bits per heavy atom. The van der Waals surface area contributed by atoms with Gasteiger partial charge in [0.1, 0.15) is 0 Å². The van der Waals surface area contributed by atoms with Crippen molar-refractivity contribution in [3.8, 4) is 0 Å². The van der Waals surface area contributed by atoms with Crippen LogP contribution in [0.1, 0.15) is 46.0 Å². The molecule has 82 valence electrons. The summed E-state index contributed by atoms with van der Waals surface area (Å²) in [5.41, 5.74) is -0.559. The lowest BCUT2D eigenvalue weighted by Crippen LogP contribution is -2.48. The van der Waals surface area contributed by atoms with Gasteiger partial charge in [-0.1, -0.05) is 12.8 Å². The van der Waals surface area contributed by atoms with E-state index < -0.39 is 5.60 Å². The van der Waals surface area contributed by atoms with Crippen LogP contribution in [0.3, 0.4) is 0 Å². The number of hydrogen-bond acceptors (Lipinski definition) is 2. The van der Waals surface area contributed by atoms with Crippen LogP contribution in [-0.4, -0.2) is 23.3 Å². The summed E-state index contributed by atoms with van der Waals surface area (Å²) >= 11 is 0. The van der Waals surface area contributed by atoms with E-state index in [1.54, 1.807) is 0 Å². The average molecular weight is 197 g/mol. The highest BCUT2D eigenvalue weighted by molar-refractivity contribution is 4.91. The van der Waals surface area contributed by atoms with Gasteiger partial charge in [0.15, 0.2) is 0 Å². The van der Waals surface area contributed by atoms with Gasteiger partial charge in [0.05, 0.1) is 5.60 Å². The minimum Gasteiger partial charge on any atom is -0.389 e. The van der Waals surface area contributed by atoms with Crippen LogP contribution in [0.15, 0.2) is 0 Å². The number of aliphatic hydroxyl groups is 1. The maximum Gasteiger partial charge on any atom is 0.0715 e. The number of rotatable bonds is 3. The van der Waals surface area contributed by atoms with Crippen LogP contribution in [0.5, 0.6) is 0 Å². The summed E-state index contributed by atoms with van der Waals surface area (Å²) in [6.45, 7) is 4.49. The zero-order valence-corrected chi connectivity index (χ0v) is 9.42. The van der Waals surface area contributed by atoms with Crippen molar-refractivity contribution in [1.82, 2.24) is 5.32 Å². The first-order chi connectivity index (χ1) is 6.54. The second-order valence-corrected chi connectivity index (χ2v) is 5.82. The molecule has 3 rings (SSSR count). The fraction of sp³-hybridized carbons (Fsp3) is 1.00. The normalized spacial score (nSPS) is 37.5. The fourth-order valence-corrected chi connectivity index (χ4v) is 3.01. The van der Waals surface area contributed by atoms with Crippen LogP contribution < -0.4 is 5.32 Å². The first-order valence-electron chi connectivity index (χ1n) is 6.00. The molecular formula is C12H23NO. The quantitative estimate of drug-likeness (QED) is 0.724.